The summed E-state index contributed by atoms with van der Waals surface area (Å²) in [7, 11) is 0. The molecule has 0 fully saturated rings. The lowest BCUT2D eigenvalue weighted by Gasteiger charge is -2.14. The summed E-state index contributed by atoms with van der Waals surface area (Å²) in [6.07, 6.45) is 0. The van der Waals surface area contributed by atoms with Gasteiger partial charge < -0.3 is 9.63 Å². The first-order chi connectivity index (χ1) is 9.58. The van der Waals surface area contributed by atoms with Crippen LogP contribution in [0.1, 0.15) is 12.7 Å². The van der Waals surface area contributed by atoms with Crippen molar-refractivity contribution in [3.05, 3.63) is 35.9 Å². The highest BCUT2D eigenvalue weighted by molar-refractivity contribution is 5.69. The minimum atomic E-state index is -0.908. The third-order valence-corrected chi connectivity index (χ3v) is 2.73. The van der Waals surface area contributed by atoms with Gasteiger partial charge in [0.1, 0.15) is 5.82 Å². The molecule has 1 heterocycles. The predicted molar refractivity (Wildman–Crippen MR) is 68.3 cm³/mol. The molecule has 1 N–H and O–H groups in total. The number of halogens is 1. The van der Waals surface area contributed by atoms with Crippen LogP contribution in [-0.4, -0.2) is 39.2 Å². The molecule has 0 atom stereocenters. The van der Waals surface area contributed by atoms with E-state index in [4.69, 9.17) is 9.63 Å². The Morgan fingerprint density at radius 3 is 2.70 bits per heavy atom. The topological polar surface area (TPSA) is 79.5 Å². The lowest BCUT2D eigenvalue weighted by molar-refractivity contribution is -0.138. The molecule has 6 nitrogen and oxygen atoms in total. The lowest BCUT2D eigenvalue weighted by atomic mass is 10.2. The van der Waals surface area contributed by atoms with Crippen LogP contribution in [0.5, 0.6) is 0 Å². The molecule has 106 valence electrons. The molecular weight excluding hydrogens is 265 g/mol. The number of aliphatic carboxylic acids is 1. The molecule has 0 saturated carbocycles. The summed E-state index contributed by atoms with van der Waals surface area (Å²) in [5.74, 6) is -0.569. The van der Waals surface area contributed by atoms with E-state index in [2.05, 4.69) is 10.1 Å². The average molecular weight is 279 g/mol. The van der Waals surface area contributed by atoms with E-state index >= 15 is 0 Å². The van der Waals surface area contributed by atoms with Crippen LogP contribution in [0.15, 0.2) is 28.8 Å². The van der Waals surface area contributed by atoms with Gasteiger partial charge in [0.25, 0.3) is 5.89 Å². The van der Waals surface area contributed by atoms with Crippen LogP contribution in [0, 0.1) is 5.82 Å². The number of aromatic nitrogens is 2. The van der Waals surface area contributed by atoms with Crippen LogP contribution in [0.4, 0.5) is 4.39 Å². The van der Waals surface area contributed by atoms with Crippen molar-refractivity contribution in [3.63, 3.8) is 0 Å². The van der Waals surface area contributed by atoms with Gasteiger partial charge in [-0.05, 0) is 30.8 Å². The van der Waals surface area contributed by atoms with Crippen molar-refractivity contribution in [2.24, 2.45) is 0 Å². The molecule has 1 aromatic carbocycles. The van der Waals surface area contributed by atoms with Gasteiger partial charge in [0.2, 0.25) is 0 Å². The fraction of sp³-hybridized carbons (Fsp3) is 0.308. The van der Waals surface area contributed by atoms with Crippen molar-refractivity contribution in [2.45, 2.75) is 13.5 Å². The predicted octanol–water partition coefficient (Wildman–Crippen LogP) is 1.78. The number of carbonyl (C=O) groups is 1. The van der Waals surface area contributed by atoms with E-state index in [1.807, 2.05) is 6.92 Å². The number of hydrogen-bond acceptors (Lipinski definition) is 5. The quantitative estimate of drug-likeness (QED) is 0.868. The number of benzene rings is 1. The van der Waals surface area contributed by atoms with Crippen molar-refractivity contribution in [2.75, 3.05) is 13.1 Å². The van der Waals surface area contributed by atoms with E-state index in [1.54, 1.807) is 17.0 Å². The zero-order chi connectivity index (χ0) is 14.5. The standard InChI is InChI=1S/C13H14FN3O3/c1-2-17(8-12(18)19)7-11-15-13(20-16-11)9-3-5-10(14)6-4-9/h3-6H,2,7-8H2,1H3,(H,18,19). The molecule has 20 heavy (non-hydrogen) atoms. The lowest BCUT2D eigenvalue weighted by Crippen LogP contribution is -2.29. The van der Waals surface area contributed by atoms with Crippen molar-refractivity contribution in [1.82, 2.24) is 15.0 Å². The van der Waals surface area contributed by atoms with Crippen molar-refractivity contribution in [3.8, 4) is 11.5 Å². The second-order valence-corrected chi connectivity index (χ2v) is 4.22. The first-order valence-electron chi connectivity index (χ1n) is 6.11. The van der Waals surface area contributed by atoms with Gasteiger partial charge in [-0.25, -0.2) is 4.39 Å². The zero-order valence-corrected chi connectivity index (χ0v) is 10.9. The third-order valence-electron chi connectivity index (χ3n) is 2.73. The van der Waals surface area contributed by atoms with Gasteiger partial charge in [0, 0.05) is 5.56 Å². The molecular formula is C13H14FN3O3. The smallest absolute Gasteiger partial charge is 0.317 e. The minimum Gasteiger partial charge on any atom is -0.480 e. The summed E-state index contributed by atoms with van der Waals surface area (Å²) in [5.41, 5.74) is 0.617. The van der Waals surface area contributed by atoms with Gasteiger partial charge in [0.05, 0.1) is 13.1 Å². The molecule has 0 amide bonds. The van der Waals surface area contributed by atoms with Crippen LogP contribution < -0.4 is 0 Å². The first kappa shape index (κ1) is 14.1. The van der Waals surface area contributed by atoms with Crippen molar-refractivity contribution in [1.29, 1.82) is 0 Å². The number of likely N-dealkylation sites (N-methyl/N-ethyl adjacent to an activating group) is 1. The van der Waals surface area contributed by atoms with Gasteiger partial charge in [0.15, 0.2) is 5.82 Å². The summed E-state index contributed by atoms with van der Waals surface area (Å²) >= 11 is 0. The van der Waals surface area contributed by atoms with Crippen molar-refractivity contribution >= 4 is 5.97 Å². The minimum absolute atomic E-state index is 0.0864. The largest absolute Gasteiger partial charge is 0.480 e. The molecule has 0 aliphatic heterocycles. The SMILES string of the molecule is CCN(CC(=O)O)Cc1noc(-c2ccc(F)cc2)n1. The highest BCUT2D eigenvalue weighted by atomic mass is 19.1. The Balaban J connectivity index is 2.08. The molecule has 1 aromatic heterocycles. The maximum Gasteiger partial charge on any atom is 0.317 e. The zero-order valence-electron chi connectivity index (χ0n) is 10.9. The van der Waals surface area contributed by atoms with Gasteiger partial charge in [-0.3, -0.25) is 9.69 Å². The molecule has 0 saturated heterocycles. The Labute approximate surface area is 114 Å². The molecule has 0 unspecified atom stereocenters. The number of rotatable bonds is 6. The van der Waals surface area contributed by atoms with Gasteiger partial charge in [-0.15, -0.1) is 0 Å². The molecule has 0 radical (unpaired) electrons. The van der Waals surface area contributed by atoms with Gasteiger partial charge in [-0.2, -0.15) is 4.98 Å². The summed E-state index contributed by atoms with van der Waals surface area (Å²) in [4.78, 5) is 16.5. The van der Waals surface area contributed by atoms with Gasteiger partial charge in [-0.1, -0.05) is 12.1 Å². The summed E-state index contributed by atoms with van der Waals surface area (Å²) < 4.78 is 17.9. The normalized spacial score (nSPS) is 10.9. The highest BCUT2D eigenvalue weighted by Gasteiger charge is 2.14. The molecule has 2 aromatic rings. The van der Waals surface area contributed by atoms with Crippen molar-refractivity contribution < 1.29 is 18.8 Å². The number of carboxylic acids is 1. The molecule has 0 spiro atoms. The van der Waals surface area contributed by atoms with Crippen LogP contribution in [0.2, 0.25) is 0 Å². The summed E-state index contributed by atoms with van der Waals surface area (Å²) in [6.45, 7) is 2.61. The van der Waals surface area contributed by atoms with Crippen LogP contribution in [0.3, 0.4) is 0 Å². The Morgan fingerprint density at radius 2 is 2.10 bits per heavy atom. The van der Waals surface area contributed by atoms with E-state index in [9.17, 15) is 9.18 Å². The number of nitrogens with zero attached hydrogens (tertiary/aromatic N) is 3. The molecule has 7 heteroatoms. The van der Waals surface area contributed by atoms with Crippen LogP contribution in [0.25, 0.3) is 11.5 Å². The Hall–Kier alpha value is -2.28. The Morgan fingerprint density at radius 1 is 1.40 bits per heavy atom. The molecule has 0 aliphatic carbocycles. The fourth-order valence-electron chi connectivity index (χ4n) is 1.70. The van der Waals surface area contributed by atoms with Crippen LogP contribution >= 0.6 is 0 Å². The number of hydrogen-bond donors (Lipinski definition) is 1. The van der Waals surface area contributed by atoms with E-state index < -0.39 is 5.97 Å². The summed E-state index contributed by atoms with van der Waals surface area (Å²) in [5, 5.41) is 12.6. The maximum atomic E-state index is 12.8. The molecule has 2 rings (SSSR count). The van der Waals surface area contributed by atoms with E-state index in [-0.39, 0.29) is 24.8 Å². The second-order valence-electron chi connectivity index (χ2n) is 4.22. The average Bonchev–Trinajstić information content (AvgIpc) is 2.87. The Bertz CT molecular complexity index is 583. The van der Waals surface area contributed by atoms with E-state index in [0.717, 1.165) is 0 Å². The fourth-order valence-corrected chi connectivity index (χ4v) is 1.70. The highest BCUT2D eigenvalue weighted by Crippen LogP contribution is 2.17. The second kappa shape index (κ2) is 6.25. The maximum absolute atomic E-state index is 12.8. The van der Waals surface area contributed by atoms with Gasteiger partial charge >= 0.3 is 5.97 Å². The summed E-state index contributed by atoms with van der Waals surface area (Å²) in [6, 6.07) is 5.70. The van der Waals surface area contributed by atoms with Crippen LogP contribution in [-0.2, 0) is 11.3 Å². The third kappa shape index (κ3) is 3.61. The van der Waals surface area contributed by atoms with E-state index in [1.165, 1.54) is 12.1 Å². The number of carboxylic acid groups (broad SMARTS) is 1. The monoisotopic (exact) mass is 279 g/mol. The molecule has 0 aliphatic rings. The molecule has 0 bridgehead atoms. The Kier molecular flexibility index (Phi) is 4.41. The first-order valence-corrected chi connectivity index (χ1v) is 6.11. The van der Waals surface area contributed by atoms with E-state index in [0.29, 0.717) is 17.9 Å².